The smallest absolute Gasteiger partial charge is 0.257 e. The van der Waals surface area contributed by atoms with Crippen molar-refractivity contribution in [3.05, 3.63) is 35.1 Å². The summed E-state index contributed by atoms with van der Waals surface area (Å²) in [5, 5.41) is 8.63. The molecule has 0 atom stereocenters. The van der Waals surface area contributed by atoms with E-state index in [9.17, 15) is 9.18 Å². The molecular weight excluding hydrogens is 269 g/mol. The average Bonchev–Trinajstić information content (AvgIpc) is 3.30. The normalized spacial score (nSPS) is 13.5. The van der Waals surface area contributed by atoms with E-state index in [2.05, 4.69) is 18.8 Å². The van der Waals surface area contributed by atoms with Crippen LogP contribution in [0.2, 0.25) is 0 Å². The van der Waals surface area contributed by atoms with Crippen LogP contribution in [0.4, 0.5) is 4.39 Å². The molecule has 0 radical (unpaired) electrons. The Morgan fingerprint density at radius 2 is 2.24 bits per heavy atom. The van der Waals surface area contributed by atoms with E-state index >= 15 is 0 Å². The highest BCUT2D eigenvalue weighted by molar-refractivity contribution is 5.95. The number of nitrogens with zero attached hydrogens (tertiary/aromatic N) is 1. The molecule has 1 N–H and O–H groups in total. The first kappa shape index (κ1) is 15.5. The summed E-state index contributed by atoms with van der Waals surface area (Å²) >= 11 is 0. The van der Waals surface area contributed by atoms with Gasteiger partial charge in [-0.3, -0.25) is 4.79 Å². The number of amides is 1. The van der Waals surface area contributed by atoms with Gasteiger partial charge in [0.25, 0.3) is 5.91 Å². The van der Waals surface area contributed by atoms with Crippen molar-refractivity contribution in [3.63, 3.8) is 0 Å². The number of aliphatic hydroxyl groups is 1. The van der Waals surface area contributed by atoms with E-state index in [1.807, 2.05) is 0 Å². The third-order valence-electron chi connectivity index (χ3n) is 3.51. The number of hydrogen-bond acceptors (Lipinski definition) is 2. The molecule has 1 fully saturated rings. The lowest BCUT2D eigenvalue weighted by molar-refractivity contribution is 0.0736. The summed E-state index contributed by atoms with van der Waals surface area (Å²) < 4.78 is 14.1. The minimum atomic E-state index is -0.549. The lowest BCUT2D eigenvalue weighted by atomic mass is 10.1. The van der Waals surface area contributed by atoms with Gasteiger partial charge in [-0.25, -0.2) is 4.39 Å². The molecule has 0 aromatic heterocycles. The van der Waals surface area contributed by atoms with Crippen LogP contribution in [0.5, 0.6) is 0 Å². The maximum absolute atomic E-state index is 14.1. The first-order valence-electron chi connectivity index (χ1n) is 7.37. The van der Waals surface area contributed by atoms with Gasteiger partial charge in [-0.15, -0.1) is 0 Å². The third-order valence-corrected chi connectivity index (χ3v) is 3.51. The van der Waals surface area contributed by atoms with Crippen LogP contribution in [-0.4, -0.2) is 35.1 Å². The van der Waals surface area contributed by atoms with Gasteiger partial charge in [0.2, 0.25) is 0 Å². The summed E-state index contributed by atoms with van der Waals surface area (Å²) in [5.74, 6) is 4.32. The second-order valence-corrected chi connectivity index (χ2v) is 5.24. The molecule has 112 valence electrons. The van der Waals surface area contributed by atoms with Gasteiger partial charge >= 0.3 is 0 Å². The van der Waals surface area contributed by atoms with Gasteiger partial charge in [0, 0.05) is 18.2 Å². The Hall–Kier alpha value is -1.86. The van der Waals surface area contributed by atoms with Crippen molar-refractivity contribution in [1.82, 2.24) is 4.90 Å². The van der Waals surface area contributed by atoms with Gasteiger partial charge in [-0.1, -0.05) is 25.2 Å². The fraction of sp³-hybridized carbons (Fsp3) is 0.471. The molecule has 0 bridgehead atoms. The molecule has 4 heteroatoms. The predicted octanol–water partition coefficient (Wildman–Crippen LogP) is 2.57. The largest absolute Gasteiger partial charge is 0.384 e. The van der Waals surface area contributed by atoms with Gasteiger partial charge in [-0.2, -0.15) is 0 Å². The molecule has 1 aromatic carbocycles. The first-order valence-corrected chi connectivity index (χ1v) is 7.37. The Bertz CT molecular complexity index is 570. The van der Waals surface area contributed by atoms with Crippen LogP contribution in [-0.2, 0) is 0 Å². The maximum Gasteiger partial charge on any atom is 0.257 e. The van der Waals surface area contributed by atoms with Crippen LogP contribution < -0.4 is 0 Å². The van der Waals surface area contributed by atoms with Gasteiger partial charge < -0.3 is 10.0 Å². The zero-order valence-electron chi connectivity index (χ0n) is 12.2. The number of halogens is 1. The molecule has 1 aliphatic carbocycles. The summed E-state index contributed by atoms with van der Waals surface area (Å²) in [6.07, 6.45) is 3.97. The maximum atomic E-state index is 14.1. The molecule has 0 unspecified atom stereocenters. The quantitative estimate of drug-likeness (QED) is 0.846. The number of carbonyl (C=O) groups excluding carboxylic acids is 1. The predicted molar refractivity (Wildman–Crippen MR) is 79.3 cm³/mol. The van der Waals surface area contributed by atoms with Crippen molar-refractivity contribution in [3.8, 4) is 11.8 Å². The van der Waals surface area contributed by atoms with Crippen LogP contribution >= 0.6 is 0 Å². The zero-order valence-corrected chi connectivity index (χ0v) is 12.2. The van der Waals surface area contributed by atoms with Crippen LogP contribution in [0.25, 0.3) is 0 Å². The van der Waals surface area contributed by atoms with E-state index in [0.29, 0.717) is 12.1 Å². The second kappa shape index (κ2) is 7.24. The summed E-state index contributed by atoms with van der Waals surface area (Å²) in [6.45, 7) is 2.49. The van der Waals surface area contributed by atoms with Gasteiger partial charge in [-0.05, 0) is 37.5 Å². The Labute approximate surface area is 124 Å². The van der Waals surface area contributed by atoms with Crippen molar-refractivity contribution < 1.29 is 14.3 Å². The molecule has 0 aliphatic heterocycles. The van der Waals surface area contributed by atoms with Crippen LogP contribution in [0, 0.1) is 17.7 Å². The topological polar surface area (TPSA) is 40.5 Å². The van der Waals surface area contributed by atoms with Crippen molar-refractivity contribution in [2.24, 2.45) is 0 Å². The van der Waals surface area contributed by atoms with Crippen LogP contribution in [0.15, 0.2) is 18.2 Å². The van der Waals surface area contributed by atoms with Gasteiger partial charge in [0.1, 0.15) is 12.4 Å². The third kappa shape index (κ3) is 4.05. The summed E-state index contributed by atoms with van der Waals surface area (Å²) in [6, 6.07) is 4.63. The van der Waals surface area contributed by atoms with Crippen molar-refractivity contribution in [2.45, 2.75) is 38.6 Å². The SMILES string of the molecule is CCCCN(C(=O)c1ccc(C#CCO)cc1F)C1CC1. The number of carbonyl (C=O) groups is 1. The van der Waals surface area contributed by atoms with Crippen molar-refractivity contribution in [2.75, 3.05) is 13.2 Å². The minimum Gasteiger partial charge on any atom is -0.384 e. The van der Waals surface area contributed by atoms with E-state index in [4.69, 9.17) is 5.11 Å². The van der Waals surface area contributed by atoms with Crippen LogP contribution in [0.1, 0.15) is 48.5 Å². The Morgan fingerprint density at radius 1 is 1.48 bits per heavy atom. The summed E-state index contributed by atoms with van der Waals surface area (Å²) in [7, 11) is 0. The second-order valence-electron chi connectivity index (χ2n) is 5.24. The molecule has 0 spiro atoms. The van der Waals surface area contributed by atoms with Crippen molar-refractivity contribution >= 4 is 5.91 Å². The average molecular weight is 289 g/mol. The van der Waals surface area contributed by atoms with Gasteiger partial charge in [0.05, 0.1) is 5.56 Å². The number of benzene rings is 1. The Morgan fingerprint density at radius 3 is 2.81 bits per heavy atom. The number of aliphatic hydroxyl groups excluding tert-OH is 1. The molecule has 0 heterocycles. The fourth-order valence-electron chi connectivity index (χ4n) is 2.23. The monoisotopic (exact) mass is 289 g/mol. The first-order chi connectivity index (χ1) is 10.2. The molecule has 1 amide bonds. The zero-order chi connectivity index (χ0) is 15.2. The van der Waals surface area contributed by atoms with E-state index < -0.39 is 5.82 Å². The molecule has 1 saturated carbocycles. The number of hydrogen-bond donors (Lipinski definition) is 1. The Balaban J connectivity index is 2.17. The Kier molecular flexibility index (Phi) is 5.35. The summed E-state index contributed by atoms with van der Waals surface area (Å²) in [4.78, 5) is 14.3. The summed E-state index contributed by atoms with van der Waals surface area (Å²) in [5.41, 5.74) is 0.567. The molecule has 3 nitrogen and oxygen atoms in total. The number of rotatable bonds is 5. The lowest BCUT2D eigenvalue weighted by Crippen LogP contribution is -2.34. The lowest BCUT2D eigenvalue weighted by Gasteiger charge is -2.22. The van der Waals surface area contributed by atoms with Crippen LogP contribution in [0.3, 0.4) is 0 Å². The van der Waals surface area contributed by atoms with E-state index in [1.165, 1.54) is 12.1 Å². The number of unbranched alkanes of at least 4 members (excludes halogenated alkanes) is 1. The highest BCUT2D eigenvalue weighted by atomic mass is 19.1. The molecular formula is C17H20FNO2. The van der Waals surface area contributed by atoms with Gasteiger partial charge in [0.15, 0.2) is 0 Å². The molecule has 21 heavy (non-hydrogen) atoms. The highest BCUT2D eigenvalue weighted by Gasteiger charge is 2.33. The van der Waals surface area contributed by atoms with E-state index in [0.717, 1.165) is 25.7 Å². The molecule has 1 aliphatic rings. The molecule has 2 rings (SSSR count). The highest BCUT2D eigenvalue weighted by Crippen LogP contribution is 2.29. The van der Waals surface area contributed by atoms with E-state index in [1.54, 1.807) is 11.0 Å². The minimum absolute atomic E-state index is 0.104. The molecule has 1 aromatic rings. The standard InChI is InChI=1S/C17H20FNO2/c1-2-3-10-19(14-7-8-14)17(21)15-9-6-13(5-4-11-20)12-16(15)18/h6,9,12,14,20H,2-3,7-8,10-11H2,1H3. The fourth-order valence-corrected chi connectivity index (χ4v) is 2.23. The van der Waals surface area contributed by atoms with Crippen molar-refractivity contribution in [1.29, 1.82) is 0 Å². The molecule has 0 saturated heterocycles. The van der Waals surface area contributed by atoms with E-state index in [-0.39, 0.29) is 24.1 Å².